The van der Waals surface area contributed by atoms with Crippen molar-refractivity contribution in [3.8, 4) is 0 Å². The molecule has 0 fully saturated rings. The van der Waals surface area contributed by atoms with Crippen LogP contribution in [0.5, 0.6) is 0 Å². The van der Waals surface area contributed by atoms with Crippen LogP contribution in [0.4, 0.5) is 5.69 Å². The first-order valence-electron chi connectivity index (χ1n) is 7.25. The fourth-order valence-electron chi connectivity index (χ4n) is 2.19. The Bertz CT molecular complexity index is 593. The molecule has 1 unspecified atom stereocenters. The summed E-state index contributed by atoms with van der Waals surface area (Å²) >= 11 is 6.17. The van der Waals surface area contributed by atoms with Gasteiger partial charge in [-0.25, -0.2) is 0 Å². The summed E-state index contributed by atoms with van der Waals surface area (Å²) in [5.74, 6) is 0.501. The molecule has 112 valence electrons. The van der Waals surface area contributed by atoms with Crippen LogP contribution in [-0.2, 0) is 0 Å². The fourth-order valence-corrected chi connectivity index (χ4v) is 2.49. The molecule has 2 N–H and O–H groups in total. The van der Waals surface area contributed by atoms with E-state index in [0.29, 0.717) is 17.5 Å². The van der Waals surface area contributed by atoms with E-state index in [2.05, 4.69) is 31.3 Å². The third kappa shape index (κ3) is 4.23. The van der Waals surface area contributed by atoms with Crippen LogP contribution in [0.15, 0.2) is 42.5 Å². The van der Waals surface area contributed by atoms with E-state index in [9.17, 15) is 5.11 Å². The largest absolute Gasteiger partial charge is 0.387 e. The summed E-state index contributed by atoms with van der Waals surface area (Å²) in [6.45, 7) is 6.75. The maximum absolute atomic E-state index is 10.3. The van der Waals surface area contributed by atoms with Crippen LogP contribution in [0.3, 0.4) is 0 Å². The summed E-state index contributed by atoms with van der Waals surface area (Å²) in [5, 5.41) is 14.1. The molecule has 0 aliphatic rings. The van der Waals surface area contributed by atoms with Gasteiger partial charge >= 0.3 is 0 Å². The molecule has 0 heterocycles. The average Bonchev–Trinajstić information content (AvgIpc) is 2.46. The molecule has 0 aliphatic heterocycles. The van der Waals surface area contributed by atoms with E-state index in [1.165, 1.54) is 5.56 Å². The predicted molar refractivity (Wildman–Crippen MR) is 90.2 cm³/mol. The molecule has 0 bridgehead atoms. The summed E-state index contributed by atoms with van der Waals surface area (Å²) in [4.78, 5) is 0. The number of aliphatic hydroxyl groups excluding tert-OH is 1. The van der Waals surface area contributed by atoms with Crippen molar-refractivity contribution in [1.82, 2.24) is 0 Å². The first kappa shape index (κ1) is 15.9. The zero-order valence-corrected chi connectivity index (χ0v) is 13.5. The summed E-state index contributed by atoms with van der Waals surface area (Å²) in [7, 11) is 0. The predicted octanol–water partition coefficient (Wildman–Crippen LogP) is 4.92. The minimum absolute atomic E-state index is 0.434. The quantitative estimate of drug-likeness (QED) is 0.822. The Kier molecular flexibility index (Phi) is 5.27. The maximum atomic E-state index is 10.3. The van der Waals surface area contributed by atoms with Gasteiger partial charge in [-0.2, -0.15) is 0 Å². The molecule has 2 nitrogen and oxygen atoms in total. The fraction of sp³-hybridized carbons (Fsp3) is 0.333. The van der Waals surface area contributed by atoms with Crippen LogP contribution in [0, 0.1) is 6.92 Å². The SMILES string of the molecule is Cc1ccc(NCC(O)c2ccc(C(C)C)cc2)c(Cl)c1. The topological polar surface area (TPSA) is 32.3 Å². The van der Waals surface area contributed by atoms with Gasteiger partial charge in [0.1, 0.15) is 0 Å². The van der Waals surface area contributed by atoms with Crippen LogP contribution < -0.4 is 5.32 Å². The first-order valence-corrected chi connectivity index (χ1v) is 7.63. The highest BCUT2D eigenvalue weighted by molar-refractivity contribution is 6.33. The number of hydrogen-bond acceptors (Lipinski definition) is 2. The van der Waals surface area contributed by atoms with Gasteiger partial charge in [-0.3, -0.25) is 0 Å². The Morgan fingerprint density at radius 1 is 1.05 bits per heavy atom. The number of nitrogens with one attached hydrogen (secondary N) is 1. The normalized spacial score (nSPS) is 12.5. The lowest BCUT2D eigenvalue weighted by molar-refractivity contribution is 0.191. The second kappa shape index (κ2) is 6.97. The summed E-state index contributed by atoms with van der Waals surface area (Å²) in [5.41, 5.74) is 4.16. The van der Waals surface area contributed by atoms with Gasteiger partial charge in [0.05, 0.1) is 16.8 Å². The summed E-state index contributed by atoms with van der Waals surface area (Å²) in [6, 6.07) is 14.0. The molecular formula is C18H22ClNO. The van der Waals surface area contributed by atoms with E-state index < -0.39 is 6.10 Å². The molecular weight excluding hydrogens is 282 g/mol. The van der Waals surface area contributed by atoms with Crippen molar-refractivity contribution in [2.24, 2.45) is 0 Å². The Labute approximate surface area is 131 Å². The van der Waals surface area contributed by atoms with E-state index in [0.717, 1.165) is 16.8 Å². The van der Waals surface area contributed by atoms with Gasteiger partial charge in [0.25, 0.3) is 0 Å². The van der Waals surface area contributed by atoms with Gasteiger partial charge in [0, 0.05) is 6.54 Å². The summed E-state index contributed by atoms with van der Waals surface area (Å²) < 4.78 is 0. The smallest absolute Gasteiger partial charge is 0.0962 e. The second-order valence-electron chi connectivity index (χ2n) is 5.70. The van der Waals surface area contributed by atoms with E-state index in [1.807, 2.05) is 37.3 Å². The van der Waals surface area contributed by atoms with Crippen molar-refractivity contribution in [3.05, 3.63) is 64.2 Å². The first-order chi connectivity index (χ1) is 9.97. The van der Waals surface area contributed by atoms with E-state index in [1.54, 1.807) is 0 Å². The highest BCUT2D eigenvalue weighted by atomic mass is 35.5. The maximum Gasteiger partial charge on any atom is 0.0962 e. The van der Waals surface area contributed by atoms with Crippen molar-refractivity contribution in [3.63, 3.8) is 0 Å². The number of benzene rings is 2. The second-order valence-corrected chi connectivity index (χ2v) is 6.11. The molecule has 0 aliphatic carbocycles. The lowest BCUT2D eigenvalue weighted by Crippen LogP contribution is -2.12. The molecule has 0 radical (unpaired) electrons. The Balaban J connectivity index is 1.99. The molecule has 0 saturated heterocycles. The Morgan fingerprint density at radius 3 is 2.24 bits per heavy atom. The Hall–Kier alpha value is -1.51. The van der Waals surface area contributed by atoms with Crippen LogP contribution >= 0.6 is 11.6 Å². The molecule has 3 heteroatoms. The number of halogens is 1. The van der Waals surface area contributed by atoms with Crippen molar-refractivity contribution in [1.29, 1.82) is 0 Å². The number of hydrogen-bond donors (Lipinski definition) is 2. The zero-order valence-electron chi connectivity index (χ0n) is 12.7. The zero-order chi connectivity index (χ0) is 15.4. The minimum Gasteiger partial charge on any atom is -0.387 e. The lowest BCUT2D eigenvalue weighted by atomic mass is 10.00. The van der Waals surface area contributed by atoms with Crippen molar-refractivity contribution in [2.75, 3.05) is 11.9 Å². The van der Waals surface area contributed by atoms with Gasteiger partial charge in [0.2, 0.25) is 0 Å². The van der Waals surface area contributed by atoms with E-state index in [4.69, 9.17) is 11.6 Å². The number of aryl methyl sites for hydroxylation is 1. The standard InChI is InChI=1S/C18H22ClNO/c1-12(2)14-5-7-15(8-6-14)18(21)11-20-17-9-4-13(3)10-16(17)19/h4-10,12,18,20-21H,11H2,1-3H3. The van der Waals surface area contributed by atoms with Crippen LogP contribution in [0.2, 0.25) is 5.02 Å². The van der Waals surface area contributed by atoms with E-state index >= 15 is 0 Å². The molecule has 0 amide bonds. The Morgan fingerprint density at radius 2 is 1.67 bits per heavy atom. The van der Waals surface area contributed by atoms with Crippen LogP contribution in [-0.4, -0.2) is 11.7 Å². The van der Waals surface area contributed by atoms with Gasteiger partial charge < -0.3 is 10.4 Å². The molecule has 2 aromatic carbocycles. The average molecular weight is 304 g/mol. The van der Waals surface area contributed by atoms with Crippen molar-refractivity contribution >= 4 is 17.3 Å². The lowest BCUT2D eigenvalue weighted by Gasteiger charge is -2.15. The third-order valence-electron chi connectivity index (χ3n) is 3.60. The molecule has 0 spiro atoms. The van der Waals surface area contributed by atoms with Gasteiger partial charge in [0.15, 0.2) is 0 Å². The number of aliphatic hydroxyl groups is 1. The molecule has 0 saturated carbocycles. The van der Waals surface area contributed by atoms with Gasteiger partial charge in [-0.1, -0.05) is 55.8 Å². The minimum atomic E-state index is -0.552. The highest BCUT2D eigenvalue weighted by Gasteiger charge is 2.09. The van der Waals surface area contributed by atoms with Crippen molar-refractivity contribution < 1.29 is 5.11 Å². The number of rotatable bonds is 5. The van der Waals surface area contributed by atoms with Gasteiger partial charge in [-0.15, -0.1) is 0 Å². The molecule has 1 atom stereocenters. The molecule has 0 aromatic heterocycles. The monoisotopic (exact) mass is 303 g/mol. The molecule has 2 rings (SSSR count). The molecule has 2 aromatic rings. The van der Waals surface area contributed by atoms with Crippen molar-refractivity contribution in [2.45, 2.75) is 32.8 Å². The van der Waals surface area contributed by atoms with Crippen LogP contribution in [0.1, 0.15) is 42.6 Å². The van der Waals surface area contributed by atoms with Crippen LogP contribution in [0.25, 0.3) is 0 Å². The third-order valence-corrected chi connectivity index (χ3v) is 3.91. The summed E-state index contributed by atoms with van der Waals surface area (Å²) in [6.07, 6.45) is -0.552. The number of anilines is 1. The van der Waals surface area contributed by atoms with E-state index in [-0.39, 0.29) is 0 Å². The highest BCUT2D eigenvalue weighted by Crippen LogP contribution is 2.24. The molecule has 21 heavy (non-hydrogen) atoms. The van der Waals surface area contributed by atoms with Gasteiger partial charge in [-0.05, 0) is 41.7 Å².